The molecule has 0 radical (unpaired) electrons. The second kappa shape index (κ2) is 10.7. The standard InChI is InChI=1S/C27H26N2O6S/c1-5-33-20-12-10-19(11-13-20)24-23(26(32)34-6-2)16(3)28-27-29(24)25(31)22(36-27)15-18-8-7-9-21(14-18)35-17(4)30/h7-15,24H,5-6H2,1-4H3/b22-15-/t24-/m0/s1. The molecule has 0 bridgehead atoms. The third-order valence-corrected chi connectivity index (χ3v) is 6.42. The van der Waals surface area contributed by atoms with Crippen molar-refractivity contribution in [2.24, 2.45) is 4.99 Å². The number of ether oxygens (including phenoxy) is 3. The molecule has 0 amide bonds. The van der Waals surface area contributed by atoms with Gasteiger partial charge in [-0.05, 0) is 62.2 Å². The number of carbonyl (C=O) groups is 2. The van der Waals surface area contributed by atoms with Gasteiger partial charge in [-0.3, -0.25) is 14.2 Å². The molecule has 1 aromatic heterocycles. The van der Waals surface area contributed by atoms with Crippen LogP contribution in [-0.2, 0) is 14.3 Å². The summed E-state index contributed by atoms with van der Waals surface area (Å²) in [6.07, 6.45) is 1.72. The van der Waals surface area contributed by atoms with Gasteiger partial charge in [0.2, 0.25) is 0 Å². The van der Waals surface area contributed by atoms with Crippen LogP contribution >= 0.6 is 11.3 Å². The van der Waals surface area contributed by atoms with Crippen LogP contribution in [0.5, 0.6) is 11.5 Å². The van der Waals surface area contributed by atoms with Crippen LogP contribution in [0.4, 0.5) is 0 Å². The Morgan fingerprint density at radius 3 is 2.50 bits per heavy atom. The predicted octanol–water partition coefficient (Wildman–Crippen LogP) is 3.12. The highest BCUT2D eigenvalue weighted by atomic mass is 32.1. The fraction of sp³-hybridized carbons (Fsp3) is 0.259. The number of aromatic nitrogens is 1. The van der Waals surface area contributed by atoms with Gasteiger partial charge in [0.05, 0.1) is 35.1 Å². The summed E-state index contributed by atoms with van der Waals surface area (Å²) in [6, 6.07) is 13.5. The summed E-state index contributed by atoms with van der Waals surface area (Å²) in [6.45, 7) is 7.44. The van der Waals surface area contributed by atoms with Crippen LogP contribution in [0.15, 0.2) is 69.6 Å². The molecule has 1 aliphatic rings. The molecule has 1 aliphatic heterocycles. The summed E-state index contributed by atoms with van der Waals surface area (Å²) in [5.74, 6) is 0.140. The van der Waals surface area contributed by atoms with E-state index in [-0.39, 0.29) is 12.2 Å². The van der Waals surface area contributed by atoms with E-state index < -0.39 is 18.0 Å². The maximum atomic E-state index is 13.7. The lowest BCUT2D eigenvalue weighted by Crippen LogP contribution is -2.39. The number of fused-ring (bicyclic) bond motifs is 1. The van der Waals surface area contributed by atoms with Gasteiger partial charge in [-0.25, -0.2) is 9.79 Å². The highest BCUT2D eigenvalue weighted by Gasteiger charge is 2.33. The minimum absolute atomic E-state index is 0.203. The van der Waals surface area contributed by atoms with Gasteiger partial charge in [-0.15, -0.1) is 0 Å². The van der Waals surface area contributed by atoms with Crippen molar-refractivity contribution in [1.82, 2.24) is 4.57 Å². The molecule has 2 heterocycles. The number of thiazole rings is 1. The molecule has 4 rings (SSSR count). The first-order valence-corrected chi connectivity index (χ1v) is 12.3. The number of nitrogens with zero attached hydrogens (tertiary/aromatic N) is 2. The molecule has 186 valence electrons. The minimum atomic E-state index is -0.703. The van der Waals surface area contributed by atoms with Crippen molar-refractivity contribution in [3.8, 4) is 11.5 Å². The summed E-state index contributed by atoms with van der Waals surface area (Å²) >= 11 is 1.23. The van der Waals surface area contributed by atoms with E-state index in [1.807, 2.05) is 37.3 Å². The number of benzene rings is 2. The lowest BCUT2D eigenvalue weighted by Gasteiger charge is -2.24. The van der Waals surface area contributed by atoms with Crippen molar-refractivity contribution in [3.63, 3.8) is 0 Å². The van der Waals surface area contributed by atoms with E-state index in [0.29, 0.717) is 44.3 Å². The third-order valence-electron chi connectivity index (χ3n) is 5.44. The van der Waals surface area contributed by atoms with Crippen molar-refractivity contribution >= 4 is 29.4 Å². The fourth-order valence-electron chi connectivity index (χ4n) is 4.01. The number of rotatable bonds is 7. The van der Waals surface area contributed by atoms with Crippen molar-refractivity contribution in [2.45, 2.75) is 33.7 Å². The van der Waals surface area contributed by atoms with Gasteiger partial charge in [-0.1, -0.05) is 35.6 Å². The maximum Gasteiger partial charge on any atom is 0.338 e. The van der Waals surface area contributed by atoms with E-state index in [1.165, 1.54) is 22.8 Å². The first-order chi connectivity index (χ1) is 17.3. The molecule has 0 saturated carbocycles. The Morgan fingerprint density at radius 2 is 1.83 bits per heavy atom. The Hall–Kier alpha value is -3.98. The Kier molecular flexibility index (Phi) is 7.49. The van der Waals surface area contributed by atoms with Gasteiger partial charge < -0.3 is 14.2 Å². The summed E-state index contributed by atoms with van der Waals surface area (Å²) < 4.78 is 18.0. The van der Waals surface area contributed by atoms with E-state index in [2.05, 4.69) is 4.99 Å². The van der Waals surface area contributed by atoms with E-state index in [9.17, 15) is 14.4 Å². The summed E-state index contributed by atoms with van der Waals surface area (Å²) in [5, 5.41) is 0. The molecule has 0 unspecified atom stereocenters. The molecule has 0 N–H and O–H groups in total. The van der Waals surface area contributed by atoms with Crippen LogP contribution in [0.2, 0.25) is 0 Å². The van der Waals surface area contributed by atoms with Crippen molar-refractivity contribution in [2.75, 3.05) is 13.2 Å². The van der Waals surface area contributed by atoms with Crippen LogP contribution < -0.4 is 24.4 Å². The molecule has 36 heavy (non-hydrogen) atoms. The predicted molar refractivity (Wildman–Crippen MR) is 136 cm³/mol. The normalized spacial score (nSPS) is 15.2. The van der Waals surface area contributed by atoms with Crippen LogP contribution in [0, 0.1) is 0 Å². The van der Waals surface area contributed by atoms with Crippen molar-refractivity contribution < 1.29 is 23.8 Å². The van der Waals surface area contributed by atoms with E-state index in [4.69, 9.17) is 14.2 Å². The molecular formula is C27H26N2O6S. The van der Waals surface area contributed by atoms with E-state index in [1.54, 1.807) is 38.1 Å². The SMILES string of the molecule is CCOC(=O)C1=C(C)N=c2s/c(=C\c3cccc(OC(C)=O)c3)c(=O)n2[C@H]1c1ccc(OCC)cc1. The van der Waals surface area contributed by atoms with Crippen molar-refractivity contribution in [3.05, 3.63) is 90.6 Å². The molecule has 0 saturated heterocycles. The largest absolute Gasteiger partial charge is 0.494 e. The van der Waals surface area contributed by atoms with E-state index >= 15 is 0 Å². The molecule has 0 spiro atoms. The van der Waals surface area contributed by atoms with Gasteiger partial charge in [0, 0.05) is 6.92 Å². The smallest absolute Gasteiger partial charge is 0.338 e. The number of carbonyl (C=O) groups excluding carboxylic acids is 2. The highest BCUT2D eigenvalue weighted by Crippen LogP contribution is 2.31. The average molecular weight is 507 g/mol. The van der Waals surface area contributed by atoms with Gasteiger partial charge in [-0.2, -0.15) is 0 Å². The van der Waals surface area contributed by atoms with E-state index in [0.717, 1.165) is 5.56 Å². The van der Waals surface area contributed by atoms with Crippen molar-refractivity contribution in [1.29, 1.82) is 0 Å². The molecule has 0 fully saturated rings. The molecule has 2 aromatic carbocycles. The van der Waals surface area contributed by atoms with Crippen LogP contribution in [0.1, 0.15) is 44.9 Å². The quantitative estimate of drug-likeness (QED) is 0.361. The zero-order valence-electron chi connectivity index (χ0n) is 20.4. The first-order valence-electron chi connectivity index (χ1n) is 11.5. The number of hydrogen-bond acceptors (Lipinski definition) is 8. The highest BCUT2D eigenvalue weighted by molar-refractivity contribution is 7.07. The molecule has 8 nitrogen and oxygen atoms in total. The summed E-state index contributed by atoms with van der Waals surface area (Å²) in [4.78, 5) is 43.0. The van der Waals surface area contributed by atoms with Crippen LogP contribution in [0.3, 0.4) is 0 Å². The summed E-state index contributed by atoms with van der Waals surface area (Å²) in [7, 11) is 0. The van der Waals surface area contributed by atoms with Gasteiger partial charge in [0.25, 0.3) is 5.56 Å². The molecule has 3 aromatic rings. The number of allylic oxidation sites excluding steroid dienone is 1. The minimum Gasteiger partial charge on any atom is -0.494 e. The Bertz CT molecular complexity index is 1510. The Labute approximate surface area is 211 Å². The molecule has 0 aliphatic carbocycles. The number of esters is 2. The average Bonchev–Trinajstić information content (AvgIpc) is 3.13. The first kappa shape index (κ1) is 25.1. The maximum absolute atomic E-state index is 13.7. The van der Waals surface area contributed by atoms with Gasteiger partial charge in [0.15, 0.2) is 4.80 Å². The third kappa shape index (κ3) is 5.16. The Balaban J connectivity index is 1.87. The van der Waals surface area contributed by atoms with Crippen LogP contribution in [0.25, 0.3) is 6.08 Å². The number of hydrogen-bond donors (Lipinski definition) is 0. The van der Waals surface area contributed by atoms with Gasteiger partial charge in [0.1, 0.15) is 11.5 Å². The second-order valence-corrected chi connectivity index (χ2v) is 8.98. The molecular weight excluding hydrogens is 480 g/mol. The topological polar surface area (TPSA) is 96.2 Å². The lowest BCUT2D eigenvalue weighted by molar-refractivity contribution is -0.139. The zero-order chi connectivity index (χ0) is 25.8. The Morgan fingerprint density at radius 1 is 1.08 bits per heavy atom. The van der Waals surface area contributed by atoms with Gasteiger partial charge >= 0.3 is 11.9 Å². The molecule has 1 atom stereocenters. The van der Waals surface area contributed by atoms with Crippen LogP contribution in [-0.4, -0.2) is 29.7 Å². The second-order valence-electron chi connectivity index (χ2n) is 7.97. The monoisotopic (exact) mass is 506 g/mol. The lowest BCUT2D eigenvalue weighted by atomic mass is 9.96. The zero-order valence-corrected chi connectivity index (χ0v) is 21.3. The summed E-state index contributed by atoms with van der Waals surface area (Å²) in [5.41, 5.74) is 1.96. The fourth-order valence-corrected chi connectivity index (χ4v) is 5.05. The molecule has 9 heteroatoms.